The fraction of sp³-hybridized carbons (Fsp3) is 0.200. The number of rotatable bonds is 5. The first kappa shape index (κ1) is 14.4. The van der Waals surface area contributed by atoms with Gasteiger partial charge < -0.3 is 15.6 Å². The number of nitrogens with two attached hydrogens (primary N) is 1. The summed E-state index contributed by atoms with van der Waals surface area (Å²) in [5, 5.41) is 9.40. The van der Waals surface area contributed by atoms with Crippen molar-refractivity contribution in [2.24, 2.45) is 0 Å². The molecule has 0 unspecified atom stereocenters. The number of ether oxygens (including phenoxy) is 1. The van der Waals surface area contributed by atoms with Crippen LogP contribution in [0.4, 0.5) is 5.69 Å². The van der Waals surface area contributed by atoms with Crippen LogP contribution in [0.3, 0.4) is 0 Å². The van der Waals surface area contributed by atoms with Gasteiger partial charge in [-0.2, -0.15) is 0 Å². The van der Waals surface area contributed by atoms with Crippen LogP contribution in [0.2, 0.25) is 0 Å². The molecule has 0 atom stereocenters. The third-order valence-corrected chi connectivity index (χ3v) is 4.25. The van der Waals surface area contributed by atoms with E-state index < -0.39 is 5.97 Å². The Morgan fingerprint density at radius 1 is 1.50 bits per heavy atom. The van der Waals surface area contributed by atoms with Crippen molar-refractivity contribution in [3.8, 4) is 17.0 Å². The van der Waals surface area contributed by atoms with Crippen LogP contribution < -0.4 is 10.5 Å². The van der Waals surface area contributed by atoms with Crippen molar-refractivity contribution in [1.29, 1.82) is 0 Å². The van der Waals surface area contributed by atoms with Gasteiger partial charge in [-0.25, -0.2) is 9.78 Å². The summed E-state index contributed by atoms with van der Waals surface area (Å²) >= 11 is 1.14. The smallest absolute Gasteiger partial charge is 0.348 e. The highest BCUT2D eigenvalue weighted by Gasteiger charge is 2.20. The lowest BCUT2D eigenvalue weighted by molar-refractivity contribution is 0.0702. The van der Waals surface area contributed by atoms with Gasteiger partial charge in [0, 0.05) is 18.0 Å². The van der Waals surface area contributed by atoms with Crippen molar-refractivity contribution >= 4 is 28.0 Å². The van der Waals surface area contributed by atoms with E-state index in [1.165, 1.54) is 0 Å². The van der Waals surface area contributed by atoms with Crippen molar-refractivity contribution in [2.75, 3.05) is 12.3 Å². The van der Waals surface area contributed by atoms with E-state index in [0.29, 0.717) is 28.7 Å². The molecule has 22 heavy (non-hydrogen) atoms. The molecule has 0 spiro atoms. The standard InChI is InChI=1S/C15H15N3O3S/c1-2-7-21-11-4-3-9(8-10(11)16)12-13(14(19)20)22-15-17-5-6-18(12)15/h3-6,8H,2,7,16H2,1H3,(H,19,20). The molecule has 3 N–H and O–H groups in total. The Morgan fingerprint density at radius 3 is 3.00 bits per heavy atom. The summed E-state index contributed by atoms with van der Waals surface area (Å²) in [6, 6.07) is 5.32. The number of carboxylic acids is 1. The van der Waals surface area contributed by atoms with E-state index in [2.05, 4.69) is 4.98 Å². The molecule has 1 aromatic carbocycles. The van der Waals surface area contributed by atoms with Crippen LogP contribution >= 0.6 is 11.3 Å². The fourth-order valence-corrected chi connectivity index (χ4v) is 3.19. The average Bonchev–Trinajstić information content (AvgIpc) is 3.06. The van der Waals surface area contributed by atoms with E-state index in [-0.39, 0.29) is 4.88 Å². The number of hydrogen-bond acceptors (Lipinski definition) is 5. The lowest BCUT2D eigenvalue weighted by atomic mass is 10.1. The molecule has 0 saturated carbocycles. The Kier molecular flexibility index (Phi) is 3.72. The molecule has 3 aromatic rings. The number of nitrogen functional groups attached to an aromatic ring is 1. The fourth-order valence-electron chi connectivity index (χ4n) is 2.24. The van der Waals surface area contributed by atoms with E-state index >= 15 is 0 Å². The number of thiazole rings is 1. The first-order valence-corrected chi connectivity index (χ1v) is 7.65. The minimum atomic E-state index is -0.976. The van der Waals surface area contributed by atoms with Gasteiger partial charge in [-0.1, -0.05) is 18.3 Å². The highest BCUT2D eigenvalue weighted by molar-refractivity contribution is 7.19. The normalized spacial score (nSPS) is 11.0. The van der Waals surface area contributed by atoms with Crippen molar-refractivity contribution < 1.29 is 14.6 Å². The Labute approximate surface area is 130 Å². The SMILES string of the molecule is CCCOc1ccc(-c2c(C(=O)O)sc3nccn23)cc1N. The maximum Gasteiger partial charge on any atom is 0.348 e. The Hall–Kier alpha value is -2.54. The predicted molar refractivity (Wildman–Crippen MR) is 85.7 cm³/mol. The number of fused-ring (bicyclic) bond motifs is 1. The maximum absolute atomic E-state index is 11.5. The molecule has 7 heteroatoms. The molecule has 3 rings (SSSR count). The minimum Gasteiger partial charge on any atom is -0.491 e. The van der Waals surface area contributed by atoms with E-state index in [0.717, 1.165) is 23.3 Å². The summed E-state index contributed by atoms with van der Waals surface area (Å²) in [7, 11) is 0. The largest absolute Gasteiger partial charge is 0.491 e. The molecule has 2 heterocycles. The third kappa shape index (κ3) is 2.39. The lowest BCUT2D eigenvalue weighted by Gasteiger charge is -2.10. The molecule has 0 fully saturated rings. The zero-order valence-electron chi connectivity index (χ0n) is 11.9. The van der Waals surface area contributed by atoms with E-state index in [9.17, 15) is 9.90 Å². The molecular weight excluding hydrogens is 302 g/mol. The molecular formula is C15H15N3O3S. The van der Waals surface area contributed by atoms with Crippen LogP contribution in [0.1, 0.15) is 23.0 Å². The van der Waals surface area contributed by atoms with Gasteiger partial charge >= 0.3 is 5.97 Å². The molecule has 0 amide bonds. The second-order valence-corrected chi connectivity index (χ2v) is 5.74. The highest BCUT2D eigenvalue weighted by Crippen LogP contribution is 2.34. The number of aromatic nitrogens is 2. The summed E-state index contributed by atoms with van der Waals surface area (Å²) in [6.45, 7) is 2.61. The molecule has 0 aliphatic carbocycles. The van der Waals surface area contributed by atoms with Crippen LogP contribution in [0.25, 0.3) is 16.2 Å². The number of anilines is 1. The van der Waals surface area contributed by atoms with Crippen molar-refractivity contribution in [3.05, 3.63) is 35.5 Å². The molecule has 0 radical (unpaired) electrons. The number of carboxylic acid groups (broad SMARTS) is 1. The number of benzene rings is 1. The topological polar surface area (TPSA) is 89.8 Å². The van der Waals surface area contributed by atoms with Crippen molar-refractivity contribution in [3.63, 3.8) is 0 Å². The molecule has 0 aliphatic rings. The molecule has 0 aliphatic heterocycles. The van der Waals surface area contributed by atoms with Gasteiger partial charge in [0.15, 0.2) is 4.96 Å². The zero-order chi connectivity index (χ0) is 15.7. The third-order valence-electron chi connectivity index (χ3n) is 3.20. The van der Waals surface area contributed by atoms with Gasteiger partial charge in [-0.3, -0.25) is 4.40 Å². The van der Waals surface area contributed by atoms with Crippen LogP contribution in [-0.2, 0) is 0 Å². The number of nitrogens with zero attached hydrogens (tertiary/aromatic N) is 2. The van der Waals surface area contributed by atoms with Gasteiger partial charge in [0.25, 0.3) is 0 Å². The summed E-state index contributed by atoms with van der Waals surface area (Å²) < 4.78 is 7.31. The van der Waals surface area contributed by atoms with Crippen LogP contribution in [0, 0.1) is 0 Å². The van der Waals surface area contributed by atoms with Gasteiger partial charge in [-0.15, -0.1) is 0 Å². The summed E-state index contributed by atoms with van der Waals surface area (Å²) in [6.07, 6.45) is 4.28. The number of aromatic carboxylic acids is 1. The number of hydrogen-bond donors (Lipinski definition) is 2. The molecule has 114 valence electrons. The first-order valence-electron chi connectivity index (χ1n) is 6.83. The van der Waals surface area contributed by atoms with Gasteiger partial charge in [0.2, 0.25) is 0 Å². The highest BCUT2D eigenvalue weighted by atomic mass is 32.1. The monoisotopic (exact) mass is 317 g/mol. The maximum atomic E-state index is 11.5. The Balaban J connectivity index is 2.11. The van der Waals surface area contributed by atoms with E-state index in [4.69, 9.17) is 10.5 Å². The Morgan fingerprint density at radius 2 is 2.32 bits per heavy atom. The zero-order valence-corrected chi connectivity index (χ0v) is 12.8. The quantitative estimate of drug-likeness (QED) is 0.706. The molecule has 0 bridgehead atoms. The number of carbonyl (C=O) groups is 1. The summed E-state index contributed by atoms with van der Waals surface area (Å²) in [5.41, 5.74) is 7.81. The number of imidazole rings is 1. The second kappa shape index (κ2) is 5.69. The van der Waals surface area contributed by atoms with Crippen molar-refractivity contribution in [1.82, 2.24) is 9.38 Å². The molecule has 2 aromatic heterocycles. The van der Waals surface area contributed by atoms with Gasteiger partial charge in [0.1, 0.15) is 10.6 Å². The minimum absolute atomic E-state index is 0.240. The lowest BCUT2D eigenvalue weighted by Crippen LogP contribution is -2.01. The predicted octanol–water partition coefficient (Wildman–Crippen LogP) is 3.13. The van der Waals surface area contributed by atoms with Gasteiger partial charge in [-0.05, 0) is 24.6 Å². The van der Waals surface area contributed by atoms with Gasteiger partial charge in [0.05, 0.1) is 18.0 Å². The van der Waals surface area contributed by atoms with Crippen LogP contribution in [0.15, 0.2) is 30.6 Å². The van der Waals surface area contributed by atoms with Crippen LogP contribution in [0.5, 0.6) is 5.75 Å². The summed E-state index contributed by atoms with van der Waals surface area (Å²) in [5.74, 6) is -0.366. The van der Waals surface area contributed by atoms with E-state index in [1.54, 1.807) is 28.9 Å². The molecule has 6 nitrogen and oxygen atoms in total. The second-order valence-electron chi connectivity index (χ2n) is 4.77. The Bertz CT molecular complexity index is 838. The van der Waals surface area contributed by atoms with E-state index in [1.807, 2.05) is 13.0 Å². The average molecular weight is 317 g/mol. The van der Waals surface area contributed by atoms with Crippen LogP contribution in [-0.4, -0.2) is 27.1 Å². The van der Waals surface area contributed by atoms with Crippen molar-refractivity contribution in [2.45, 2.75) is 13.3 Å². The summed E-state index contributed by atoms with van der Waals surface area (Å²) in [4.78, 5) is 16.5. The molecule has 0 saturated heterocycles. The first-order chi connectivity index (χ1) is 10.6.